The van der Waals surface area contributed by atoms with Gasteiger partial charge in [-0.05, 0) is 39.3 Å². The van der Waals surface area contributed by atoms with Crippen molar-refractivity contribution in [2.45, 2.75) is 33.3 Å². The first-order chi connectivity index (χ1) is 7.28. The van der Waals surface area contributed by atoms with Crippen molar-refractivity contribution in [3.05, 3.63) is 23.0 Å². The van der Waals surface area contributed by atoms with Crippen LogP contribution in [0.4, 0.5) is 10.5 Å². The van der Waals surface area contributed by atoms with E-state index in [0.29, 0.717) is 10.8 Å². The summed E-state index contributed by atoms with van der Waals surface area (Å²) in [6.45, 7) is 7.23. The van der Waals surface area contributed by atoms with Gasteiger partial charge in [-0.3, -0.25) is 5.32 Å². The van der Waals surface area contributed by atoms with Crippen molar-refractivity contribution < 1.29 is 9.53 Å². The van der Waals surface area contributed by atoms with Crippen molar-refractivity contribution in [2.24, 2.45) is 0 Å². The van der Waals surface area contributed by atoms with Gasteiger partial charge in [0, 0.05) is 0 Å². The van der Waals surface area contributed by atoms with Gasteiger partial charge in [-0.2, -0.15) is 0 Å². The number of aryl methyl sites for hydroxylation is 1. The second-order valence-electron chi connectivity index (χ2n) is 4.46. The van der Waals surface area contributed by atoms with Crippen LogP contribution in [0.1, 0.15) is 26.3 Å². The second-order valence-corrected chi connectivity index (χ2v) is 4.82. The molecule has 0 aromatic carbocycles. The summed E-state index contributed by atoms with van der Waals surface area (Å²) in [5.74, 6) is 0. The fraction of sp³-hybridized carbons (Fsp3) is 0.455. The summed E-state index contributed by atoms with van der Waals surface area (Å²) >= 11 is 5.77. The van der Waals surface area contributed by atoms with Crippen molar-refractivity contribution in [3.8, 4) is 0 Å². The summed E-state index contributed by atoms with van der Waals surface area (Å²) in [6, 6.07) is 1.74. The maximum atomic E-state index is 11.4. The van der Waals surface area contributed by atoms with E-state index in [0.717, 1.165) is 5.56 Å². The van der Waals surface area contributed by atoms with Gasteiger partial charge in [0.25, 0.3) is 0 Å². The van der Waals surface area contributed by atoms with Gasteiger partial charge in [0.2, 0.25) is 0 Å². The molecule has 1 rings (SSSR count). The Labute approximate surface area is 100.0 Å². The molecule has 88 valence electrons. The number of rotatable bonds is 1. The minimum atomic E-state index is -0.515. The number of pyridine rings is 1. The van der Waals surface area contributed by atoms with Gasteiger partial charge < -0.3 is 4.74 Å². The lowest BCUT2D eigenvalue weighted by molar-refractivity contribution is 0.0636. The summed E-state index contributed by atoms with van der Waals surface area (Å²) in [4.78, 5) is 15.4. The molecule has 1 N–H and O–H groups in total. The van der Waals surface area contributed by atoms with E-state index in [-0.39, 0.29) is 0 Å². The highest BCUT2D eigenvalue weighted by atomic mass is 35.5. The molecule has 0 aliphatic carbocycles. The Bertz CT molecular complexity index is 399. The number of carbonyl (C=O) groups excluding carboxylic acids is 1. The molecule has 1 heterocycles. The maximum absolute atomic E-state index is 11.4. The van der Waals surface area contributed by atoms with E-state index in [9.17, 15) is 4.79 Å². The van der Waals surface area contributed by atoms with E-state index in [1.54, 1.807) is 26.8 Å². The predicted molar refractivity (Wildman–Crippen MR) is 63.8 cm³/mol. The standard InChI is InChI=1S/C11H15ClN2O2/c1-7-5-8(6-13-9(7)12)14-10(15)16-11(2,3)4/h5-6H,1-4H3,(H,14,15). The van der Waals surface area contributed by atoms with Crippen LogP contribution in [0.2, 0.25) is 5.15 Å². The van der Waals surface area contributed by atoms with Crippen LogP contribution in [0.3, 0.4) is 0 Å². The number of amides is 1. The normalized spacial score (nSPS) is 11.1. The number of hydrogen-bond acceptors (Lipinski definition) is 3. The Morgan fingerprint density at radius 2 is 2.12 bits per heavy atom. The zero-order chi connectivity index (χ0) is 12.3. The maximum Gasteiger partial charge on any atom is 0.412 e. The average Bonchev–Trinajstić information content (AvgIpc) is 2.08. The Balaban J connectivity index is 2.67. The highest BCUT2D eigenvalue weighted by Gasteiger charge is 2.16. The SMILES string of the molecule is Cc1cc(NC(=O)OC(C)(C)C)cnc1Cl. The largest absolute Gasteiger partial charge is 0.444 e. The molecule has 1 amide bonds. The molecule has 0 radical (unpaired) electrons. The molecule has 0 saturated carbocycles. The Kier molecular flexibility index (Phi) is 3.75. The van der Waals surface area contributed by atoms with Gasteiger partial charge in [-0.25, -0.2) is 9.78 Å². The van der Waals surface area contributed by atoms with E-state index in [2.05, 4.69) is 10.3 Å². The number of halogens is 1. The molecule has 0 saturated heterocycles. The summed E-state index contributed by atoms with van der Waals surface area (Å²) in [6.07, 6.45) is 0.982. The van der Waals surface area contributed by atoms with Crippen LogP contribution >= 0.6 is 11.6 Å². The molecule has 0 atom stereocenters. The number of aromatic nitrogens is 1. The third-order valence-electron chi connectivity index (χ3n) is 1.66. The van der Waals surface area contributed by atoms with E-state index < -0.39 is 11.7 Å². The highest BCUT2D eigenvalue weighted by Crippen LogP contribution is 2.17. The quantitative estimate of drug-likeness (QED) is 0.768. The lowest BCUT2D eigenvalue weighted by Gasteiger charge is -2.19. The molecule has 0 bridgehead atoms. The molecule has 0 spiro atoms. The smallest absolute Gasteiger partial charge is 0.412 e. The van der Waals surface area contributed by atoms with Gasteiger partial charge in [0.1, 0.15) is 10.8 Å². The Morgan fingerprint density at radius 3 is 2.62 bits per heavy atom. The van der Waals surface area contributed by atoms with Crippen LogP contribution in [0.5, 0.6) is 0 Å². The number of anilines is 1. The monoisotopic (exact) mass is 242 g/mol. The van der Waals surface area contributed by atoms with Crippen molar-refractivity contribution >= 4 is 23.4 Å². The molecule has 1 aromatic rings. The van der Waals surface area contributed by atoms with Gasteiger partial charge in [0.15, 0.2) is 0 Å². The molecule has 0 unspecified atom stereocenters. The van der Waals surface area contributed by atoms with Crippen molar-refractivity contribution in [2.75, 3.05) is 5.32 Å². The molecular formula is C11H15ClN2O2. The molecule has 1 aromatic heterocycles. The molecule has 0 fully saturated rings. The minimum absolute atomic E-state index is 0.426. The molecule has 0 aliphatic rings. The van der Waals surface area contributed by atoms with E-state index in [1.807, 2.05) is 6.92 Å². The van der Waals surface area contributed by atoms with Gasteiger partial charge in [0.05, 0.1) is 11.9 Å². The molecule has 4 nitrogen and oxygen atoms in total. The van der Waals surface area contributed by atoms with Crippen LogP contribution in [0, 0.1) is 6.92 Å². The predicted octanol–water partition coefficient (Wildman–Crippen LogP) is 3.39. The molecular weight excluding hydrogens is 228 g/mol. The fourth-order valence-corrected chi connectivity index (χ4v) is 1.15. The van der Waals surface area contributed by atoms with Gasteiger partial charge in [-0.1, -0.05) is 11.6 Å². The first-order valence-corrected chi connectivity index (χ1v) is 5.28. The fourth-order valence-electron chi connectivity index (χ4n) is 1.05. The second kappa shape index (κ2) is 4.70. The van der Waals surface area contributed by atoms with Crippen molar-refractivity contribution in [3.63, 3.8) is 0 Å². The van der Waals surface area contributed by atoms with E-state index in [1.165, 1.54) is 6.20 Å². The third-order valence-corrected chi connectivity index (χ3v) is 2.06. The molecule has 5 heteroatoms. The van der Waals surface area contributed by atoms with E-state index >= 15 is 0 Å². The number of ether oxygens (including phenoxy) is 1. The average molecular weight is 243 g/mol. The zero-order valence-electron chi connectivity index (χ0n) is 9.80. The van der Waals surface area contributed by atoms with E-state index in [4.69, 9.17) is 16.3 Å². The highest BCUT2D eigenvalue weighted by molar-refractivity contribution is 6.30. The topological polar surface area (TPSA) is 51.2 Å². The molecule has 0 aliphatic heterocycles. The number of nitrogens with zero attached hydrogens (tertiary/aromatic N) is 1. The van der Waals surface area contributed by atoms with Gasteiger partial charge in [-0.15, -0.1) is 0 Å². The lowest BCUT2D eigenvalue weighted by atomic mass is 10.2. The Morgan fingerprint density at radius 1 is 1.50 bits per heavy atom. The van der Waals surface area contributed by atoms with Crippen molar-refractivity contribution in [1.82, 2.24) is 4.98 Å². The molecule has 16 heavy (non-hydrogen) atoms. The van der Waals surface area contributed by atoms with Gasteiger partial charge >= 0.3 is 6.09 Å². The summed E-state index contributed by atoms with van der Waals surface area (Å²) in [5, 5.41) is 3.01. The van der Waals surface area contributed by atoms with Crippen LogP contribution in [-0.2, 0) is 4.74 Å². The van der Waals surface area contributed by atoms with Crippen molar-refractivity contribution in [1.29, 1.82) is 0 Å². The summed E-state index contributed by atoms with van der Waals surface area (Å²) in [7, 11) is 0. The first kappa shape index (κ1) is 12.8. The number of nitrogens with one attached hydrogen (secondary N) is 1. The minimum Gasteiger partial charge on any atom is -0.444 e. The van der Waals surface area contributed by atoms with Crippen LogP contribution in [0.25, 0.3) is 0 Å². The Hall–Kier alpha value is -1.29. The van der Waals surface area contributed by atoms with Crippen LogP contribution in [-0.4, -0.2) is 16.7 Å². The zero-order valence-corrected chi connectivity index (χ0v) is 10.6. The first-order valence-electron chi connectivity index (χ1n) is 4.90. The summed E-state index contributed by atoms with van der Waals surface area (Å²) in [5.41, 5.74) is 0.852. The van der Waals surface area contributed by atoms with Crippen LogP contribution in [0.15, 0.2) is 12.3 Å². The summed E-state index contributed by atoms with van der Waals surface area (Å²) < 4.78 is 5.10. The number of carbonyl (C=O) groups is 1. The number of hydrogen-bond donors (Lipinski definition) is 1. The lowest BCUT2D eigenvalue weighted by Crippen LogP contribution is -2.27. The third kappa shape index (κ3) is 4.06. The van der Waals surface area contributed by atoms with Crippen LogP contribution < -0.4 is 5.32 Å².